The number of benzene rings is 1. The lowest BCUT2D eigenvalue weighted by Gasteiger charge is -2.42. The van der Waals surface area contributed by atoms with Crippen molar-refractivity contribution < 1.29 is 9.47 Å². The minimum Gasteiger partial charge on any atom is -0.496 e. The Kier molecular flexibility index (Phi) is 3.87. The minimum absolute atomic E-state index is 0.0882. The molecular formula is C14H20BrNO2. The van der Waals surface area contributed by atoms with Gasteiger partial charge in [0, 0.05) is 23.1 Å². The van der Waals surface area contributed by atoms with Gasteiger partial charge in [-0.25, -0.2) is 0 Å². The largest absolute Gasteiger partial charge is 0.496 e. The van der Waals surface area contributed by atoms with Crippen LogP contribution in [0.3, 0.4) is 0 Å². The maximum Gasteiger partial charge on any atom is 0.139 e. The van der Waals surface area contributed by atoms with Gasteiger partial charge in [-0.3, -0.25) is 0 Å². The van der Waals surface area contributed by atoms with E-state index in [0.29, 0.717) is 6.54 Å². The highest BCUT2D eigenvalue weighted by atomic mass is 79.9. The number of methoxy groups -OCH3 is 2. The van der Waals surface area contributed by atoms with Crippen LogP contribution >= 0.6 is 15.9 Å². The molecule has 1 aliphatic carbocycles. The molecule has 0 saturated heterocycles. The van der Waals surface area contributed by atoms with E-state index in [2.05, 4.69) is 22.0 Å². The zero-order valence-electron chi connectivity index (χ0n) is 11.2. The molecule has 1 saturated carbocycles. The molecule has 1 aromatic rings. The number of rotatable bonds is 4. The molecule has 3 nitrogen and oxygen atoms in total. The summed E-state index contributed by atoms with van der Waals surface area (Å²) in [5, 5.41) is 0. The predicted octanol–water partition coefficient (Wildman–Crippen LogP) is 3.16. The van der Waals surface area contributed by atoms with Crippen molar-refractivity contribution >= 4 is 15.9 Å². The van der Waals surface area contributed by atoms with E-state index < -0.39 is 0 Å². The molecule has 0 aliphatic heterocycles. The van der Waals surface area contributed by atoms with E-state index in [0.717, 1.165) is 34.4 Å². The lowest BCUT2D eigenvalue weighted by atomic mass is 9.64. The maximum atomic E-state index is 5.99. The van der Waals surface area contributed by atoms with Gasteiger partial charge in [0.1, 0.15) is 11.5 Å². The SMILES string of the molecule is COc1c(Br)cc(C2(CN)CCC2)c(OC)c1C. The van der Waals surface area contributed by atoms with E-state index in [1.807, 2.05) is 6.92 Å². The molecule has 18 heavy (non-hydrogen) atoms. The molecule has 0 amide bonds. The summed E-state index contributed by atoms with van der Waals surface area (Å²) in [4.78, 5) is 0. The quantitative estimate of drug-likeness (QED) is 0.928. The van der Waals surface area contributed by atoms with Crippen molar-refractivity contribution in [2.24, 2.45) is 5.73 Å². The second-order valence-electron chi connectivity index (χ2n) is 4.94. The van der Waals surface area contributed by atoms with Gasteiger partial charge in [0.05, 0.1) is 18.7 Å². The maximum absolute atomic E-state index is 5.99. The molecular weight excluding hydrogens is 294 g/mol. The van der Waals surface area contributed by atoms with Crippen molar-refractivity contribution in [3.05, 3.63) is 21.7 Å². The standard InChI is InChI=1S/C14H20BrNO2/c1-9-12(17-2)10(7-11(15)13(9)18-3)14(8-16)5-4-6-14/h7H,4-6,8,16H2,1-3H3. The molecule has 0 atom stereocenters. The Morgan fingerprint density at radius 3 is 2.28 bits per heavy atom. The summed E-state index contributed by atoms with van der Waals surface area (Å²) < 4.78 is 12.0. The molecule has 1 aromatic carbocycles. The van der Waals surface area contributed by atoms with E-state index in [4.69, 9.17) is 15.2 Å². The third-order valence-corrected chi connectivity index (χ3v) is 4.68. The van der Waals surface area contributed by atoms with Crippen LogP contribution in [0.25, 0.3) is 0 Å². The first kappa shape index (κ1) is 13.7. The summed E-state index contributed by atoms with van der Waals surface area (Å²) >= 11 is 3.58. The van der Waals surface area contributed by atoms with E-state index >= 15 is 0 Å². The summed E-state index contributed by atoms with van der Waals surface area (Å²) in [6.45, 7) is 2.69. The number of nitrogens with two attached hydrogens (primary N) is 1. The molecule has 0 spiro atoms. The van der Waals surface area contributed by atoms with Crippen molar-refractivity contribution in [1.82, 2.24) is 0 Å². The van der Waals surface area contributed by atoms with Crippen LogP contribution in [0.15, 0.2) is 10.5 Å². The van der Waals surface area contributed by atoms with Crippen molar-refractivity contribution in [3.63, 3.8) is 0 Å². The highest BCUT2D eigenvalue weighted by molar-refractivity contribution is 9.10. The van der Waals surface area contributed by atoms with Gasteiger partial charge in [0.25, 0.3) is 0 Å². The van der Waals surface area contributed by atoms with Crippen LogP contribution in [0.5, 0.6) is 11.5 Å². The molecule has 1 aliphatic rings. The third kappa shape index (κ3) is 1.91. The summed E-state index contributed by atoms with van der Waals surface area (Å²) in [5.41, 5.74) is 8.32. The Bertz CT molecular complexity index is 450. The zero-order chi connectivity index (χ0) is 13.3. The van der Waals surface area contributed by atoms with Crippen LogP contribution in [-0.2, 0) is 5.41 Å². The smallest absolute Gasteiger partial charge is 0.139 e. The Hall–Kier alpha value is -0.740. The lowest BCUT2D eigenvalue weighted by molar-refractivity contribution is 0.242. The molecule has 0 radical (unpaired) electrons. The number of ether oxygens (including phenoxy) is 2. The van der Waals surface area contributed by atoms with Crippen LogP contribution < -0.4 is 15.2 Å². The molecule has 100 valence electrons. The van der Waals surface area contributed by atoms with Crippen LogP contribution in [-0.4, -0.2) is 20.8 Å². The minimum atomic E-state index is 0.0882. The topological polar surface area (TPSA) is 44.5 Å². The fourth-order valence-electron chi connectivity index (χ4n) is 2.84. The van der Waals surface area contributed by atoms with Gasteiger partial charge in [-0.2, -0.15) is 0 Å². The first-order valence-corrected chi connectivity index (χ1v) is 7.00. The second kappa shape index (κ2) is 5.10. The fraction of sp³-hybridized carbons (Fsp3) is 0.571. The van der Waals surface area contributed by atoms with Gasteiger partial charge < -0.3 is 15.2 Å². The van der Waals surface area contributed by atoms with Gasteiger partial charge in [0.15, 0.2) is 0 Å². The second-order valence-corrected chi connectivity index (χ2v) is 5.79. The summed E-state index contributed by atoms with van der Waals surface area (Å²) in [6.07, 6.45) is 3.51. The van der Waals surface area contributed by atoms with E-state index in [9.17, 15) is 0 Å². The van der Waals surface area contributed by atoms with Crippen LogP contribution in [0.4, 0.5) is 0 Å². The highest BCUT2D eigenvalue weighted by Gasteiger charge is 2.40. The molecule has 1 fully saturated rings. The van der Waals surface area contributed by atoms with Crippen molar-refractivity contribution in [2.75, 3.05) is 20.8 Å². The molecule has 0 heterocycles. The van der Waals surface area contributed by atoms with Crippen molar-refractivity contribution in [1.29, 1.82) is 0 Å². The first-order valence-electron chi connectivity index (χ1n) is 6.21. The van der Waals surface area contributed by atoms with E-state index in [-0.39, 0.29) is 5.41 Å². The molecule has 0 bridgehead atoms. The molecule has 2 N–H and O–H groups in total. The summed E-state index contributed by atoms with van der Waals surface area (Å²) in [5.74, 6) is 1.75. The predicted molar refractivity (Wildman–Crippen MR) is 76.6 cm³/mol. The Morgan fingerprint density at radius 1 is 1.28 bits per heavy atom. The van der Waals surface area contributed by atoms with Gasteiger partial charge in [-0.05, 0) is 41.8 Å². The van der Waals surface area contributed by atoms with Crippen molar-refractivity contribution in [3.8, 4) is 11.5 Å². The monoisotopic (exact) mass is 313 g/mol. The first-order chi connectivity index (χ1) is 8.59. The Balaban J connectivity index is 2.60. The Labute approximate surface area is 117 Å². The van der Waals surface area contributed by atoms with Crippen LogP contribution in [0.1, 0.15) is 30.4 Å². The highest BCUT2D eigenvalue weighted by Crippen LogP contribution is 2.50. The average Bonchev–Trinajstić information content (AvgIpc) is 2.29. The number of halogens is 1. The van der Waals surface area contributed by atoms with Crippen LogP contribution in [0, 0.1) is 6.92 Å². The van der Waals surface area contributed by atoms with E-state index in [1.165, 1.54) is 12.0 Å². The average molecular weight is 314 g/mol. The normalized spacial score (nSPS) is 17.2. The van der Waals surface area contributed by atoms with E-state index in [1.54, 1.807) is 14.2 Å². The van der Waals surface area contributed by atoms with Crippen molar-refractivity contribution in [2.45, 2.75) is 31.6 Å². The number of hydrogen-bond acceptors (Lipinski definition) is 3. The third-order valence-electron chi connectivity index (χ3n) is 4.09. The lowest BCUT2D eigenvalue weighted by Crippen LogP contribution is -2.41. The number of hydrogen-bond donors (Lipinski definition) is 1. The fourth-order valence-corrected chi connectivity index (χ4v) is 3.52. The zero-order valence-corrected chi connectivity index (χ0v) is 12.8. The van der Waals surface area contributed by atoms with Gasteiger partial charge in [-0.1, -0.05) is 6.42 Å². The van der Waals surface area contributed by atoms with Gasteiger partial charge in [0.2, 0.25) is 0 Å². The molecule has 0 unspecified atom stereocenters. The van der Waals surface area contributed by atoms with Crippen LogP contribution in [0.2, 0.25) is 0 Å². The molecule has 0 aromatic heterocycles. The molecule has 2 rings (SSSR count). The summed E-state index contributed by atoms with van der Waals surface area (Å²) in [6, 6.07) is 2.11. The summed E-state index contributed by atoms with van der Waals surface area (Å²) in [7, 11) is 3.39. The van der Waals surface area contributed by atoms with Gasteiger partial charge in [-0.15, -0.1) is 0 Å². The molecule has 4 heteroatoms. The van der Waals surface area contributed by atoms with Gasteiger partial charge >= 0.3 is 0 Å². The Morgan fingerprint density at radius 2 is 1.89 bits per heavy atom.